The van der Waals surface area contributed by atoms with Crippen LogP contribution < -0.4 is 10.2 Å². The molecule has 1 aliphatic carbocycles. The largest absolute Gasteiger partial charge is 0.357 e. The fourth-order valence-corrected chi connectivity index (χ4v) is 6.66. The molecule has 0 spiro atoms. The second-order valence-corrected chi connectivity index (χ2v) is 13.0. The number of hydrogen-bond acceptors (Lipinski definition) is 3. The summed E-state index contributed by atoms with van der Waals surface area (Å²) < 4.78 is 0. The molecule has 6 rings (SSSR count). The normalized spacial score (nSPS) is 18.9. The van der Waals surface area contributed by atoms with E-state index in [1.54, 1.807) is 6.07 Å². The summed E-state index contributed by atoms with van der Waals surface area (Å²) in [6.45, 7) is 7.28. The minimum atomic E-state index is -0.372. The van der Waals surface area contributed by atoms with Crippen molar-refractivity contribution in [2.75, 3.05) is 10.2 Å². The number of fused-ring (bicyclic) bond motifs is 1. The van der Waals surface area contributed by atoms with Crippen LogP contribution in [-0.4, -0.2) is 5.78 Å². The van der Waals surface area contributed by atoms with Crippen LogP contribution in [0.4, 0.5) is 11.4 Å². The predicted molar refractivity (Wildman–Crippen MR) is 171 cm³/mol. The summed E-state index contributed by atoms with van der Waals surface area (Å²) in [6, 6.07) is 32.7. The molecule has 2 atom stereocenters. The van der Waals surface area contributed by atoms with E-state index in [1.165, 1.54) is 11.1 Å². The Kier molecular flexibility index (Phi) is 7.44. The van der Waals surface area contributed by atoms with Crippen LogP contribution >= 0.6 is 23.2 Å². The van der Waals surface area contributed by atoms with Crippen molar-refractivity contribution < 1.29 is 4.79 Å². The van der Waals surface area contributed by atoms with Gasteiger partial charge < -0.3 is 10.2 Å². The van der Waals surface area contributed by atoms with Crippen LogP contribution in [0.3, 0.4) is 0 Å². The zero-order valence-electron chi connectivity index (χ0n) is 23.6. The number of rotatable bonds is 4. The highest BCUT2D eigenvalue weighted by molar-refractivity contribution is 6.35. The van der Waals surface area contributed by atoms with Crippen molar-refractivity contribution in [3.63, 3.8) is 0 Å². The van der Waals surface area contributed by atoms with Gasteiger partial charge in [0.25, 0.3) is 0 Å². The Hall–Kier alpha value is -3.53. The van der Waals surface area contributed by atoms with E-state index < -0.39 is 0 Å². The zero-order chi connectivity index (χ0) is 28.7. The lowest BCUT2D eigenvalue weighted by Crippen LogP contribution is -2.34. The summed E-state index contributed by atoms with van der Waals surface area (Å²) in [5, 5.41) is 4.85. The van der Waals surface area contributed by atoms with Crippen LogP contribution in [0.25, 0.3) is 0 Å². The van der Waals surface area contributed by atoms with Gasteiger partial charge in [-0.05, 0) is 64.3 Å². The molecule has 4 aromatic carbocycles. The second kappa shape index (κ2) is 11.0. The minimum Gasteiger partial charge on any atom is -0.357 e. The first-order valence-electron chi connectivity index (χ1n) is 14.2. The lowest BCUT2D eigenvalue weighted by Gasteiger charge is -2.37. The van der Waals surface area contributed by atoms with Gasteiger partial charge in [-0.2, -0.15) is 0 Å². The number of hydrogen-bond donors (Lipinski definition) is 1. The molecule has 0 amide bonds. The fourth-order valence-electron chi connectivity index (χ4n) is 6.15. The monoisotopic (exact) mass is 580 g/mol. The van der Waals surface area contributed by atoms with Gasteiger partial charge in [-0.15, -0.1) is 0 Å². The Morgan fingerprint density at radius 3 is 2.27 bits per heavy atom. The van der Waals surface area contributed by atoms with E-state index in [9.17, 15) is 4.79 Å². The average molecular weight is 582 g/mol. The molecule has 1 N–H and O–H groups in total. The SMILES string of the molecule is CC(C)(C)c1ccc([C@@H]2CC(=O)C3=C(C2)Nc2ccccc2N(Cc2ccccc2)[C@H]3c2ccc(Cl)cc2Cl)cc1. The molecule has 1 heterocycles. The van der Waals surface area contributed by atoms with Gasteiger partial charge in [0.1, 0.15) is 0 Å². The number of nitrogens with one attached hydrogen (secondary N) is 1. The molecule has 5 heteroatoms. The van der Waals surface area contributed by atoms with Gasteiger partial charge in [-0.25, -0.2) is 0 Å². The van der Waals surface area contributed by atoms with Crippen molar-refractivity contribution in [1.29, 1.82) is 0 Å². The maximum Gasteiger partial charge on any atom is 0.163 e. The first-order chi connectivity index (χ1) is 19.7. The van der Waals surface area contributed by atoms with E-state index in [-0.39, 0.29) is 23.2 Å². The van der Waals surface area contributed by atoms with Gasteiger partial charge in [0.2, 0.25) is 0 Å². The summed E-state index contributed by atoms with van der Waals surface area (Å²) in [5.74, 6) is 0.238. The smallest absolute Gasteiger partial charge is 0.163 e. The van der Waals surface area contributed by atoms with Crippen LogP contribution in [0.15, 0.2) is 108 Å². The van der Waals surface area contributed by atoms with Crippen molar-refractivity contribution in [2.24, 2.45) is 0 Å². The number of benzene rings is 4. The molecule has 0 saturated heterocycles. The van der Waals surface area contributed by atoms with E-state index in [1.807, 2.05) is 42.5 Å². The fraction of sp³-hybridized carbons (Fsp3) is 0.250. The van der Waals surface area contributed by atoms with Gasteiger partial charge in [-0.3, -0.25) is 4.79 Å². The number of nitrogens with zero attached hydrogens (tertiary/aromatic N) is 1. The summed E-state index contributed by atoms with van der Waals surface area (Å²) in [7, 11) is 0. The first-order valence-corrected chi connectivity index (χ1v) is 14.9. The molecule has 0 radical (unpaired) electrons. The predicted octanol–water partition coefficient (Wildman–Crippen LogP) is 9.87. The molecular formula is C36H34Cl2N2O. The maximum absolute atomic E-state index is 14.3. The number of Topliss-reactive ketones (excluding diaryl/α,β-unsaturated/α-hetero) is 1. The minimum absolute atomic E-state index is 0.0798. The van der Waals surface area contributed by atoms with Crippen LogP contribution in [0.1, 0.15) is 67.8 Å². The quantitative estimate of drug-likeness (QED) is 0.260. The maximum atomic E-state index is 14.3. The first kappa shape index (κ1) is 27.6. The molecule has 0 aromatic heterocycles. The van der Waals surface area contributed by atoms with E-state index in [4.69, 9.17) is 23.2 Å². The summed E-state index contributed by atoms with van der Waals surface area (Å²) >= 11 is 13.2. The molecule has 0 saturated carbocycles. The number of halogens is 2. The van der Waals surface area contributed by atoms with Crippen molar-refractivity contribution in [2.45, 2.75) is 57.5 Å². The van der Waals surface area contributed by atoms with E-state index in [0.717, 1.165) is 40.2 Å². The number of anilines is 2. The van der Waals surface area contributed by atoms with E-state index >= 15 is 0 Å². The van der Waals surface area contributed by atoms with Crippen molar-refractivity contribution >= 4 is 40.4 Å². The van der Waals surface area contributed by atoms with Crippen molar-refractivity contribution in [3.05, 3.63) is 141 Å². The number of ketones is 1. The molecule has 2 aliphatic rings. The second-order valence-electron chi connectivity index (χ2n) is 12.1. The Bertz CT molecular complexity index is 1620. The summed E-state index contributed by atoms with van der Waals surface area (Å²) in [4.78, 5) is 16.6. The molecule has 41 heavy (non-hydrogen) atoms. The van der Waals surface area contributed by atoms with Crippen LogP contribution in [0, 0.1) is 0 Å². The third-order valence-corrected chi connectivity index (χ3v) is 8.86. The Balaban J connectivity index is 1.49. The Morgan fingerprint density at radius 2 is 1.56 bits per heavy atom. The van der Waals surface area contributed by atoms with E-state index in [2.05, 4.69) is 79.5 Å². The van der Waals surface area contributed by atoms with Crippen LogP contribution in [0.2, 0.25) is 10.0 Å². The number of para-hydroxylation sites is 2. The Labute approximate surface area is 252 Å². The van der Waals surface area contributed by atoms with Gasteiger partial charge in [0, 0.05) is 34.3 Å². The van der Waals surface area contributed by atoms with Crippen molar-refractivity contribution in [3.8, 4) is 0 Å². The molecular weight excluding hydrogens is 547 g/mol. The molecule has 0 bridgehead atoms. The number of carbonyl (C=O) groups excluding carboxylic acids is 1. The topological polar surface area (TPSA) is 32.3 Å². The third kappa shape index (κ3) is 5.54. The number of carbonyl (C=O) groups is 1. The van der Waals surface area contributed by atoms with Gasteiger partial charge in [0.05, 0.1) is 17.4 Å². The third-order valence-electron chi connectivity index (χ3n) is 8.29. The van der Waals surface area contributed by atoms with Gasteiger partial charge >= 0.3 is 0 Å². The lowest BCUT2D eigenvalue weighted by molar-refractivity contribution is -0.116. The molecule has 0 fully saturated rings. The van der Waals surface area contributed by atoms with Crippen molar-refractivity contribution in [1.82, 2.24) is 0 Å². The molecule has 0 unspecified atom stereocenters. The highest BCUT2D eigenvalue weighted by Gasteiger charge is 2.40. The molecule has 208 valence electrons. The molecule has 3 nitrogen and oxygen atoms in total. The van der Waals surface area contributed by atoms with Gasteiger partial charge in [-0.1, -0.05) is 117 Å². The highest BCUT2D eigenvalue weighted by Crippen LogP contribution is 2.49. The lowest BCUT2D eigenvalue weighted by atomic mass is 9.77. The number of allylic oxidation sites excluding steroid dienone is 1. The summed E-state index contributed by atoms with van der Waals surface area (Å²) in [5.41, 5.74) is 8.35. The van der Waals surface area contributed by atoms with Crippen LogP contribution in [0.5, 0.6) is 0 Å². The molecule has 4 aromatic rings. The molecule has 1 aliphatic heterocycles. The van der Waals surface area contributed by atoms with Crippen LogP contribution in [-0.2, 0) is 16.8 Å². The van der Waals surface area contributed by atoms with Gasteiger partial charge in [0.15, 0.2) is 5.78 Å². The highest BCUT2D eigenvalue weighted by atomic mass is 35.5. The van der Waals surface area contributed by atoms with E-state index in [0.29, 0.717) is 23.0 Å². The Morgan fingerprint density at radius 1 is 0.854 bits per heavy atom. The standard InChI is InChI=1S/C36H34Cl2N2O/c1-36(2,3)26-15-13-24(14-16-26)25-19-31-34(33(41)20-25)35(28-18-17-27(37)21-29(28)38)40(22-23-9-5-4-6-10-23)32-12-8-7-11-30(32)39-31/h4-18,21,25,35,39H,19-20,22H2,1-3H3/t25-,35-/m0/s1. The summed E-state index contributed by atoms with van der Waals surface area (Å²) in [6.07, 6.45) is 1.19. The average Bonchev–Trinajstić information content (AvgIpc) is 3.08. The zero-order valence-corrected chi connectivity index (χ0v) is 25.1.